The van der Waals surface area contributed by atoms with Gasteiger partial charge in [-0.2, -0.15) is 4.58 Å². The van der Waals surface area contributed by atoms with Crippen molar-refractivity contribution < 1.29 is 4.58 Å². The van der Waals surface area contributed by atoms with E-state index in [0.717, 1.165) is 6.54 Å². The van der Waals surface area contributed by atoms with E-state index in [4.69, 9.17) is 0 Å². The van der Waals surface area contributed by atoms with E-state index >= 15 is 0 Å². The molecule has 1 nitrogen and oxygen atoms in total. The maximum absolute atomic E-state index is 2.38. The molecule has 0 saturated heterocycles. The SMILES string of the molecule is CC(C)=[N+]1CCc2ccccc21. The van der Waals surface area contributed by atoms with E-state index in [2.05, 4.69) is 42.7 Å². The van der Waals surface area contributed by atoms with Gasteiger partial charge in [-0.25, -0.2) is 0 Å². The highest BCUT2D eigenvalue weighted by Gasteiger charge is 2.22. The van der Waals surface area contributed by atoms with Crippen LogP contribution < -0.4 is 0 Å². The first kappa shape index (κ1) is 7.53. The Morgan fingerprint density at radius 1 is 1.25 bits per heavy atom. The van der Waals surface area contributed by atoms with Crippen molar-refractivity contribution in [1.29, 1.82) is 0 Å². The summed E-state index contributed by atoms with van der Waals surface area (Å²) in [6, 6.07) is 8.65. The van der Waals surface area contributed by atoms with Crippen molar-refractivity contribution in [2.75, 3.05) is 6.54 Å². The molecule has 62 valence electrons. The van der Waals surface area contributed by atoms with Gasteiger partial charge >= 0.3 is 0 Å². The zero-order chi connectivity index (χ0) is 8.55. The van der Waals surface area contributed by atoms with Crippen LogP contribution in [0.4, 0.5) is 5.69 Å². The van der Waals surface area contributed by atoms with Crippen LogP contribution in [0.1, 0.15) is 19.4 Å². The third-order valence-electron chi connectivity index (χ3n) is 2.43. The van der Waals surface area contributed by atoms with Crippen molar-refractivity contribution >= 4 is 11.4 Å². The number of hydrogen-bond donors (Lipinski definition) is 0. The van der Waals surface area contributed by atoms with E-state index in [0.29, 0.717) is 0 Å². The monoisotopic (exact) mass is 160 g/mol. The largest absolute Gasteiger partial charge is 0.208 e. The standard InChI is InChI=1S/C11H14N/c1-9(2)12-8-7-10-5-3-4-6-11(10)12/h3-6H,7-8H2,1-2H3/q+1. The van der Waals surface area contributed by atoms with Crippen molar-refractivity contribution in [2.24, 2.45) is 0 Å². The highest BCUT2D eigenvalue weighted by atomic mass is 15.0. The van der Waals surface area contributed by atoms with Gasteiger partial charge in [0.2, 0.25) is 5.69 Å². The number of para-hydroxylation sites is 1. The molecule has 1 heteroatoms. The summed E-state index contributed by atoms with van der Waals surface area (Å²) in [5, 5.41) is 0. The third-order valence-corrected chi connectivity index (χ3v) is 2.43. The summed E-state index contributed by atoms with van der Waals surface area (Å²) in [7, 11) is 0. The van der Waals surface area contributed by atoms with E-state index in [-0.39, 0.29) is 0 Å². The highest BCUT2D eigenvalue weighted by molar-refractivity contribution is 5.75. The lowest BCUT2D eigenvalue weighted by Crippen LogP contribution is -2.08. The van der Waals surface area contributed by atoms with Crippen molar-refractivity contribution in [1.82, 2.24) is 0 Å². The second-order valence-electron chi connectivity index (χ2n) is 3.48. The second kappa shape index (κ2) is 2.74. The fraction of sp³-hybridized carbons (Fsp3) is 0.364. The molecule has 1 aliphatic heterocycles. The lowest BCUT2D eigenvalue weighted by molar-refractivity contribution is -0.430. The molecular weight excluding hydrogens is 146 g/mol. The fourth-order valence-electron chi connectivity index (χ4n) is 1.80. The molecule has 0 aliphatic carbocycles. The Hall–Kier alpha value is -1.11. The minimum atomic E-state index is 1.15. The summed E-state index contributed by atoms with van der Waals surface area (Å²) in [4.78, 5) is 0. The van der Waals surface area contributed by atoms with Crippen molar-refractivity contribution in [2.45, 2.75) is 20.3 Å². The van der Waals surface area contributed by atoms with Crippen LogP contribution in [0.5, 0.6) is 0 Å². The lowest BCUT2D eigenvalue weighted by Gasteiger charge is -1.95. The minimum absolute atomic E-state index is 1.15. The van der Waals surface area contributed by atoms with Crippen LogP contribution in [-0.4, -0.2) is 16.8 Å². The Bertz CT molecular complexity index is 333. The number of fused-ring (bicyclic) bond motifs is 1. The fourth-order valence-corrected chi connectivity index (χ4v) is 1.80. The number of rotatable bonds is 0. The van der Waals surface area contributed by atoms with Crippen molar-refractivity contribution in [3.8, 4) is 0 Å². The molecule has 2 rings (SSSR count). The van der Waals surface area contributed by atoms with Gasteiger partial charge < -0.3 is 0 Å². The molecule has 1 heterocycles. The molecule has 0 fully saturated rings. The molecule has 1 aliphatic rings. The molecule has 0 bridgehead atoms. The zero-order valence-corrected chi connectivity index (χ0v) is 7.67. The van der Waals surface area contributed by atoms with Crippen LogP contribution in [0.2, 0.25) is 0 Å². The first-order valence-electron chi connectivity index (χ1n) is 4.44. The van der Waals surface area contributed by atoms with E-state index in [1.807, 2.05) is 0 Å². The van der Waals surface area contributed by atoms with Gasteiger partial charge in [-0.05, 0) is 0 Å². The molecule has 12 heavy (non-hydrogen) atoms. The Morgan fingerprint density at radius 2 is 2.00 bits per heavy atom. The average molecular weight is 160 g/mol. The van der Waals surface area contributed by atoms with E-state index < -0.39 is 0 Å². The number of benzene rings is 1. The maximum Gasteiger partial charge on any atom is 0.208 e. The molecule has 0 aromatic heterocycles. The second-order valence-corrected chi connectivity index (χ2v) is 3.48. The molecule has 0 spiro atoms. The quantitative estimate of drug-likeness (QED) is 0.512. The van der Waals surface area contributed by atoms with Gasteiger partial charge in [-0.15, -0.1) is 0 Å². The van der Waals surface area contributed by atoms with Crippen LogP contribution in [0.3, 0.4) is 0 Å². The van der Waals surface area contributed by atoms with Crippen LogP contribution >= 0.6 is 0 Å². The molecule has 1 aromatic carbocycles. The zero-order valence-electron chi connectivity index (χ0n) is 7.67. The molecule has 0 amide bonds. The molecule has 0 N–H and O–H groups in total. The molecule has 0 atom stereocenters. The topological polar surface area (TPSA) is 3.01 Å². The van der Waals surface area contributed by atoms with Crippen LogP contribution in [-0.2, 0) is 6.42 Å². The summed E-state index contributed by atoms with van der Waals surface area (Å²) in [6.45, 7) is 5.49. The van der Waals surface area contributed by atoms with Crippen molar-refractivity contribution in [3.05, 3.63) is 29.8 Å². The summed E-state index contributed by atoms with van der Waals surface area (Å²) < 4.78 is 2.38. The summed E-state index contributed by atoms with van der Waals surface area (Å²) in [6.07, 6.45) is 1.20. The normalized spacial score (nSPS) is 14.7. The first-order valence-corrected chi connectivity index (χ1v) is 4.44. The van der Waals surface area contributed by atoms with Gasteiger partial charge in [0.25, 0.3) is 0 Å². The summed E-state index contributed by atoms with van der Waals surface area (Å²) in [5.41, 5.74) is 4.27. The maximum atomic E-state index is 2.38. The summed E-state index contributed by atoms with van der Waals surface area (Å²) in [5.74, 6) is 0. The van der Waals surface area contributed by atoms with Crippen LogP contribution in [0.25, 0.3) is 0 Å². The Labute approximate surface area is 73.4 Å². The van der Waals surface area contributed by atoms with Gasteiger partial charge in [0.05, 0.1) is 0 Å². The van der Waals surface area contributed by atoms with Gasteiger partial charge in [-0.1, -0.05) is 18.2 Å². The number of hydrogen-bond acceptors (Lipinski definition) is 0. The van der Waals surface area contributed by atoms with Crippen molar-refractivity contribution in [3.63, 3.8) is 0 Å². The first-order chi connectivity index (χ1) is 5.79. The molecule has 0 unspecified atom stereocenters. The number of nitrogens with zero attached hydrogens (tertiary/aromatic N) is 1. The van der Waals surface area contributed by atoms with Gasteiger partial charge in [0.15, 0.2) is 12.3 Å². The van der Waals surface area contributed by atoms with Crippen LogP contribution in [0, 0.1) is 0 Å². The molecule has 0 radical (unpaired) electrons. The van der Waals surface area contributed by atoms with Crippen LogP contribution in [0.15, 0.2) is 24.3 Å². The Morgan fingerprint density at radius 3 is 2.75 bits per heavy atom. The van der Waals surface area contributed by atoms with E-state index in [1.54, 1.807) is 0 Å². The molecular formula is C11H14N+. The smallest absolute Gasteiger partial charge is 0.200 e. The minimum Gasteiger partial charge on any atom is -0.200 e. The average Bonchev–Trinajstić information content (AvgIpc) is 2.47. The lowest BCUT2D eigenvalue weighted by atomic mass is 10.2. The summed E-state index contributed by atoms with van der Waals surface area (Å²) >= 11 is 0. The van der Waals surface area contributed by atoms with E-state index in [1.165, 1.54) is 23.4 Å². The third kappa shape index (κ3) is 1.06. The predicted octanol–water partition coefficient (Wildman–Crippen LogP) is 2.37. The predicted molar refractivity (Wildman–Crippen MR) is 51.3 cm³/mol. The Balaban J connectivity index is 2.57. The van der Waals surface area contributed by atoms with E-state index in [9.17, 15) is 0 Å². The Kier molecular flexibility index (Phi) is 1.72. The van der Waals surface area contributed by atoms with Gasteiger partial charge in [0.1, 0.15) is 0 Å². The molecule has 1 aromatic rings. The molecule has 0 saturated carbocycles. The van der Waals surface area contributed by atoms with Gasteiger partial charge in [-0.3, -0.25) is 0 Å². The highest BCUT2D eigenvalue weighted by Crippen LogP contribution is 2.25. The van der Waals surface area contributed by atoms with Gasteiger partial charge in [0, 0.05) is 31.9 Å².